The van der Waals surface area contributed by atoms with Gasteiger partial charge in [0.2, 0.25) is 5.76 Å². The summed E-state index contributed by atoms with van der Waals surface area (Å²) in [4.78, 5) is 10.6. The Labute approximate surface area is 104 Å². The average Bonchev–Trinajstić information content (AvgIpc) is 2.71. The van der Waals surface area contributed by atoms with Crippen molar-refractivity contribution < 1.29 is 14.4 Å². The van der Waals surface area contributed by atoms with Crippen molar-refractivity contribution in [3.05, 3.63) is 39.5 Å². The molecule has 82 valence electrons. The minimum absolute atomic E-state index is 0.200. The molecular weight excluding hydrogens is 297 g/mol. The predicted octanol–water partition coefficient (Wildman–Crippen LogP) is 3.46. The lowest BCUT2D eigenvalue weighted by Crippen LogP contribution is -1.91. The van der Waals surface area contributed by atoms with Crippen LogP contribution in [-0.4, -0.2) is 16.2 Å². The molecule has 6 heteroatoms. The van der Waals surface area contributed by atoms with Gasteiger partial charge < -0.3 is 9.63 Å². The highest BCUT2D eigenvalue weighted by atomic mass is 79.9. The summed E-state index contributed by atoms with van der Waals surface area (Å²) in [6.45, 7) is 0. The van der Waals surface area contributed by atoms with Crippen molar-refractivity contribution >= 4 is 33.5 Å². The largest absolute Gasteiger partial charge is 0.475 e. The molecule has 1 N–H and O–H groups in total. The topological polar surface area (TPSA) is 63.3 Å². The van der Waals surface area contributed by atoms with E-state index in [1.54, 1.807) is 18.2 Å². The van der Waals surface area contributed by atoms with Crippen LogP contribution in [0.5, 0.6) is 0 Å². The van der Waals surface area contributed by atoms with Gasteiger partial charge in [0.15, 0.2) is 0 Å². The lowest BCUT2D eigenvalue weighted by Gasteiger charge is -1.98. The van der Waals surface area contributed by atoms with Gasteiger partial charge in [-0.1, -0.05) is 22.8 Å². The summed E-state index contributed by atoms with van der Waals surface area (Å²) in [5.74, 6) is -1.35. The molecule has 16 heavy (non-hydrogen) atoms. The maximum absolute atomic E-state index is 10.6. The predicted molar refractivity (Wildman–Crippen MR) is 61.6 cm³/mol. The third-order valence-corrected chi connectivity index (χ3v) is 3.17. The van der Waals surface area contributed by atoms with Crippen molar-refractivity contribution in [3.8, 4) is 11.3 Å². The minimum Gasteiger partial charge on any atom is -0.475 e. The Hall–Kier alpha value is -1.33. The molecule has 0 saturated heterocycles. The molecule has 0 radical (unpaired) electrons. The van der Waals surface area contributed by atoms with Crippen LogP contribution in [0.1, 0.15) is 10.6 Å². The van der Waals surface area contributed by atoms with Crippen LogP contribution in [0.25, 0.3) is 11.3 Å². The molecule has 1 aromatic heterocycles. The van der Waals surface area contributed by atoms with E-state index in [2.05, 4.69) is 25.6 Å². The maximum Gasteiger partial charge on any atom is 0.374 e. The molecule has 0 fully saturated rings. The lowest BCUT2D eigenvalue weighted by atomic mass is 10.1. The number of benzene rings is 1. The number of hydrogen-bond donors (Lipinski definition) is 1. The second-order valence-corrected chi connectivity index (χ2v) is 4.27. The molecule has 4 nitrogen and oxygen atoms in total. The minimum atomic E-state index is -1.15. The van der Waals surface area contributed by atoms with Gasteiger partial charge in [0.25, 0.3) is 0 Å². The number of nitrogens with zero attached hydrogens (tertiary/aromatic N) is 1. The number of hydrogen-bond acceptors (Lipinski definition) is 3. The summed E-state index contributed by atoms with van der Waals surface area (Å²) < 4.78 is 5.41. The van der Waals surface area contributed by atoms with Gasteiger partial charge in [-0.05, 0) is 28.1 Å². The van der Waals surface area contributed by atoms with Crippen LogP contribution in [-0.2, 0) is 0 Å². The monoisotopic (exact) mass is 301 g/mol. The number of carbonyl (C=O) groups is 1. The third-order valence-electron chi connectivity index (χ3n) is 1.94. The van der Waals surface area contributed by atoms with E-state index in [4.69, 9.17) is 16.7 Å². The van der Waals surface area contributed by atoms with E-state index in [9.17, 15) is 4.79 Å². The van der Waals surface area contributed by atoms with Crippen molar-refractivity contribution in [2.75, 3.05) is 0 Å². The van der Waals surface area contributed by atoms with E-state index < -0.39 is 5.97 Å². The van der Waals surface area contributed by atoms with Gasteiger partial charge >= 0.3 is 5.97 Å². The van der Waals surface area contributed by atoms with Crippen molar-refractivity contribution in [1.29, 1.82) is 0 Å². The molecule has 0 aliphatic rings. The highest BCUT2D eigenvalue weighted by molar-refractivity contribution is 9.10. The maximum atomic E-state index is 10.6. The molecule has 0 aliphatic carbocycles. The number of aromatic carboxylic acids is 1. The first-order valence-corrected chi connectivity index (χ1v) is 5.40. The fourth-order valence-electron chi connectivity index (χ4n) is 1.17. The molecule has 1 aromatic carbocycles. The van der Waals surface area contributed by atoms with Crippen LogP contribution < -0.4 is 0 Å². The Balaban J connectivity index is 2.42. The van der Waals surface area contributed by atoms with E-state index in [0.717, 1.165) is 4.47 Å². The molecule has 0 aliphatic heterocycles. The first-order valence-electron chi connectivity index (χ1n) is 4.23. The van der Waals surface area contributed by atoms with E-state index >= 15 is 0 Å². The molecule has 0 bridgehead atoms. The molecular formula is C10H5BrClNO3. The summed E-state index contributed by atoms with van der Waals surface area (Å²) in [6.07, 6.45) is 0. The Bertz CT molecular complexity index is 553. The normalized spacial score (nSPS) is 10.4. The van der Waals surface area contributed by atoms with Gasteiger partial charge in [0, 0.05) is 16.1 Å². The fourth-order valence-corrected chi connectivity index (χ4v) is 1.59. The van der Waals surface area contributed by atoms with Gasteiger partial charge in [0.05, 0.1) is 5.02 Å². The zero-order valence-electron chi connectivity index (χ0n) is 7.78. The van der Waals surface area contributed by atoms with Crippen molar-refractivity contribution in [3.63, 3.8) is 0 Å². The standard InChI is InChI=1S/C10H5BrClNO3/c11-6-2-1-5(3-7(6)12)8-4-9(10(14)15)16-13-8/h1-4H,(H,14,15). The lowest BCUT2D eigenvalue weighted by molar-refractivity contribution is 0.0652. The molecule has 0 unspecified atom stereocenters. The molecule has 2 aromatic rings. The fraction of sp³-hybridized carbons (Fsp3) is 0. The van der Waals surface area contributed by atoms with Crippen LogP contribution in [0, 0.1) is 0 Å². The van der Waals surface area contributed by atoms with Gasteiger partial charge in [-0.15, -0.1) is 0 Å². The molecule has 0 saturated carbocycles. The Kier molecular flexibility index (Phi) is 2.98. The Morgan fingerprint density at radius 2 is 2.19 bits per heavy atom. The Morgan fingerprint density at radius 3 is 2.75 bits per heavy atom. The van der Waals surface area contributed by atoms with Crippen molar-refractivity contribution in [1.82, 2.24) is 5.16 Å². The van der Waals surface area contributed by atoms with Gasteiger partial charge in [-0.2, -0.15) is 0 Å². The summed E-state index contributed by atoms with van der Waals surface area (Å²) in [5.41, 5.74) is 1.14. The SMILES string of the molecule is O=C(O)c1cc(-c2ccc(Br)c(Cl)c2)no1. The number of carboxylic acid groups (broad SMARTS) is 1. The van der Waals surface area contributed by atoms with Crippen LogP contribution in [0.3, 0.4) is 0 Å². The zero-order valence-corrected chi connectivity index (χ0v) is 10.1. The molecule has 0 atom stereocenters. The number of halogens is 2. The number of aromatic nitrogens is 1. The summed E-state index contributed by atoms with van der Waals surface area (Å²) in [7, 11) is 0. The quantitative estimate of drug-likeness (QED) is 0.923. The second-order valence-electron chi connectivity index (χ2n) is 3.01. The van der Waals surface area contributed by atoms with Gasteiger partial charge in [0.1, 0.15) is 5.69 Å². The first-order chi connectivity index (χ1) is 7.58. The molecule has 0 spiro atoms. The first kappa shape index (κ1) is 11.2. The van der Waals surface area contributed by atoms with Crippen LogP contribution >= 0.6 is 27.5 Å². The highest BCUT2D eigenvalue weighted by Gasteiger charge is 2.12. The second kappa shape index (κ2) is 4.27. The van der Waals surface area contributed by atoms with E-state index in [1.165, 1.54) is 6.07 Å². The molecule has 0 amide bonds. The van der Waals surface area contributed by atoms with Crippen LogP contribution in [0.4, 0.5) is 0 Å². The number of carboxylic acids is 1. The summed E-state index contributed by atoms with van der Waals surface area (Å²) >= 11 is 9.17. The van der Waals surface area contributed by atoms with Crippen LogP contribution in [0.2, 0.25) is 5.02 Å². The van der Waals surface area contributed by atoms with Gasteiger partial charge in [-0.3, -0.25) is 0 Å². The van der Waals surface area contributed by atoms with E-state index in [0.29, 0.717) is 16.3 Å². The smallest absolute Gasteiger partial charge is 0.374 e. The van der Waals surface area contributed by atoms with Crippen LogP contribution in [0.15, 0.2) is 33.3 Å². The summed E-state index contributed by atoms with van der Waals surface area (Å²) in [5, 5.41) is 12.9. The third kappa shape index (κ3) is 2.10. The average molecular weight is 303 g/mol. The van der Waals surface area contributed by atoms with E-state index in [-0.39, 0.29) is 5.76 Å². The molecule has 2 rings (SSSR count). The molecule has 1 heterocycles. The van der Waals surface area contributed by atoms with Gasteiger partial charge in [-0.25, -0.2) is 4.79 Å². The van der Waals surface area contributed by atoms with Crippen molar-refractivity contribution in [2.45, 2.75) is 0 Å². The van der Waals surface area contributed by atoms with E-state index in [1.807, 2.05) is 0 Å². The summed E-state index contributed by atoms with van der Waals surface area (Å²) in [6, 6.07) is 6.54. The number of rotatable bonds is 2. The highest BCUT2D eigenvalue weighted by Crippen LogP contribution is 2.28. The zero-order chi connectivity index (χ0) is 11.7. The van der Waals surface area contributed by atoms with Crippen molar-refractivity contribution in [2.24, 2.45) is 0 Å². The Morgan fingerprint density at radius 1 is 1.44 bits per heavy atom.